The van der Waals surface area contributed by atoms with Crippen LogP contribution in [-0.4, -0.2) is 55.9 Å². The largest absolute Gasteiger partial charge is 0.573 e. The summed E-state index contributed by atoms with van der Waals surface area (Å²) in [5.74, 6) is -0.934. The van der Waals surface area contributed by atoms with Crippen LogP contribution >= 0.6 is 11.6 Å². The van der Waals surface area contributed by atoms with E-state index in [0.29, 0.717) is 30.8 Å². The van der Waals surface area contributed by atoms with E-state index >= 15 is 0 Å². The highest BCUT2D eigenvalue weighted by Gasteiger charge is 2.33. The summed E-state index contributed by atoms with van der Waals surface area (Å²) in [5.41, 5.74) is 0.825. The summed E-state index contributed by atoms with van der Waals surface area (Å²) in [6, 6.07) is 9.49. The quantitative estimate of drug-likeness (QED) is 0.496. The lowest BCUT2D eigenvalue weighted by molar-refractivity contribution is -0.274. The Kier molecular flexibility index (Phi) is 7.73. The van der Waals surface area contributed by atoms with Gasteiger partial charge in [-0.05, 0) is 47.9 Å². The van der Waals surface area contributed by atoms with Gasteiger partial charge in [-0.2, -0.15) is 0 Å². The van der Waals surface area contributed by atoms with Crippen molar-refractivity contribution in [3.8, 4) is 16.9 Å². The lowest BCUT2D eigenvalue weighted by Crippen LogP contribution is -2.50. The molecule has 1 aromatic heterocycles. The zero-order chi connectivity index (χ0) is 25.7. The van der Waals surface area contributed by atoms with Gasteiger partial charge >= 0.3 is 6.36 Å². The van der Waals surface area contributed by atoms with Crippen molar-refractivity contribution in [2.24, 2.45) is 0 Å². The number of hydrogen-bond donors (Lipinski definition) is 1. The maximum atomic E-state index is 13.1. The van der Waals surface area contributed by atoms with Gasteiger partial charge in [0.05, 0.1) is 11.6 Å². The van der Waals surface area contributed by atoms with E-state index in [9.17, 15) is 22.8 Å². The number of piperidine rings is 1. The molecule has 0 radical (unpaired) electrons. The van der Waals surface area contributed by atoms with Crippen LogP contribution < -0.4 is 10.1 Å². The number of aromatic nitrogens is 4. The molecule has 36 heavy (non-hydrogen) atoms. The lowest BCUT2D eigenvalue weighted by atomic mass is 10.0. The molecule has 1 aliphatic rings. The second-order valence-corrected chi connectivity index (χ2v) is 8.56. The van der Waals surface area contributed by atoms with E-state index in [1.807, 2.05) is 0 Å². The van der Waals surface area contributed by atoms with E-state index in [2.05, 4.69) is 25.6 Å². The van der Waals surface area contributed by atoms with Crippen LogP contribution in [0.5, 0.6) is 5.75 Å². The molecule has 9 nitrogen and oxygen atoms in total. The molecule has 2 heterocycles. The third-order valence-electron chi connectivity index (χ3n) is 5.71. The average Bonchev–Trinajstić information content (AvgIpc) is 3.36. The van der Waals surface area contributed by atoms with Crippen molar-refractivity contribution in [2.45, 2.75) is 44.6 Å². The highest BCUT2D eigenvalue weighted by Crippen LogP contribution is 2.38. The average molecular weight is 523 g/mol. The molecule has 1 saturated heterocycles. The normalized spacial score (nSPS) is 16.0. The molecule has 1 atom stereocenters. The van der Waals surface area contributed by atoms with Crippen molar-refractivity contribution in [1.82, 2.24) is 25.1 Å². The fraction of sp³-hybridized carbons (Fsp3) is 0.348. The molecule has 0 spiro atoms. The fourth-order valence-electron chi connectivity index (χ4n) is 4.08. The molecule has 2 aromatic carbocycles. The van der Waals surface area contributed by atoms with E-state index in [1.165, 1.54) is 47.4 Å². The zero-order valence-corrected chi connectivity index (χ0v) is 19.7. The van der Waals surface area contributed by atoms with E-state index in [4.69, 9.17) is 11.6 Å². The minimum atomic E-state index is -4.86. The summed E-state index contributed by atoms with van der Waals surface area (Å²) in [6.45, 7) is 0.759. The molecule has 0 saturated carbocycles. The number of benzene rings is 2. The van der Waals surface area contributed by atoms with Gasteiger partial charge in [0.2, 0.25) is 11.8 Å². The number of alkyl halides is 3. The first-order chi connectivity index (χ1) is 17.2. The second kappa shape index (κ2) is 10.9. The van der Waals surface area contributed by atoms with E-state index in [-0.39, 0.29) is 34.6 Å². The third kappa shape index (κ3) is 6.30. The molecule has 1 fully saturated rings. The third-order valence-corrected chi connectivity index (χ3v) is 6.02. The van der Waals surface area contributed by atoms with Crippen molar-refractivity contribution in [1.29, 1.82) is 0 Å². The van der Waals surface area contributed by atoms with Crippen molar-refractivity contribution in [3.05, 3.63) is 53.8 Å². The van der Waals surface area contributed by atoms with Crippen LogP contribution in [0.1, 0.15) is 25.7 Å². The predicted octanol–water partition coefficient (Wildman–Crippen LogP) is 4.30. The van der Waals surface area contributed by atoms with Gasteiger partial charge in [0.1, 0.15) is 18.1 Å². The Balaban J connectivity index is 1.46. The summed E-state index contributed by atoms with van der Waals surface area (Å²) >= 11 is 6.37. The molecule has 2 amide bonds. The van der Waals surface area contributed by atoms with E-state index in [0.717, 1.165) is 12.8 Å². The van der Waals surface area contributed by atoms with Crippen molar-refractivity contribution >= 4 is 29.1 Å². The van der Waals surface area contributed by atoms with Crippen molar-refractivity contribution < 1.29 is 27.5 Å². The minimum absolute atomic E-state index is 0.129. The summed E-state index contributed by atoms with van der Waals surface area (Å²) < 4.78 is 43.9. The van der Waals surface area contributed by atoms with Crippen LogP contribution in [0.4, 0.5) is 18.9 Å². The molecular formula is C23H22ClF3N6O3. The number of ether oxygens (including phenoxy) is 1. The van der Waals surface area contributed by atoms with Crippen LogP contribution in [0.3, 0.4) is 0 Å². The molecule has 1 aliphatic heterocycles. The maximum Gasteiger partial charge on any atom is 0.573 e. The van der Waals surface area contributed by atoms with Crippen LogP contribution in [-0.2, 0) is 16.1 Å². The number of nitrogens with zero attached hydrogens (tertiary/aromatic N) is 5. The number of aryl methyl sites for hydroxylation is 1. The number of para-hydroxylation sites is 1. The number of anilines is 1. The first kappa shape index (κ1) is 25.4. The smallest absolute Gasteiger partial charge is 0.405 e. The van der Waals surface area contributed by atoms with Gasteiger partial charge < -0.3 is 15.0 Å². The number of carbonyl (C=O) groups excluding carboxylic acids is 2. The van der Waals surface area contributed by atoms with Gasteiger partial charge in [-0.3, -0.25) is 9.59 Å². The number of amides is 2. The molecule has 13 heteroatoms. The summed E-state index contributed by atoms with van der Waals surface area (Å²) in [7, 11) is 0. The van der Waals surface area contributed by atoms with Crippen LogP contribution in [0, 0.1) is 0 Å². The number of hydrogen-bond acceptors (Lipinski definition) is 6. The minimum Gasteiger partial charge on any atom is -0.405 e. The Bertz CT molecular complexity index is 1220. The molecule has 190 valence electrons. The first-order valence-corrected chi connectivity index (χ1v) is 11.5. The first-order valence-electron chi connectivity index (χ1n) is 11.2. The molecule has 1 unspecified atom stereocenters. The van der Waals surface area contributed by atoms with Gasteiger partial charge in [-0.25, -0.2) is 4.68 Å². The number of rotatable bonds is 7. The molecule has 0 bridgehead atoms. The van der Waals surface area contributed by atoms with Crippen LogP contribution in [0.25, 0.3) is 11.1 Å². The lowest BCUT2D eigenvalue weighted by Gasteiger charge is -2.34. The van der Waals surface area contributed by atoms with E-state index in [1.54, 1.807) is 11.0 Å². The van der Waals surface area contributed by atoms with Crippen LogP contribution in [0.2, 0.25) is 5.02 Å². The SMILES string of the molecule is O=C(Nc1ccc(-c2ccccc2OC(F)(F)F)c(Cl)c1)C1CCCCN1C(=O)CCn1cnnn1. The van der Waals surface area contributed by atoms with E-state index < -0.39 is 12.4 Å². The van der Waals surface area contributed by atoms with Gasteiger partial charge in [0, 0.05) is 29.8 Å². The fourth-order valence-corrected chi connectivity index (χ4v) is 4.36. The Hall–Kier alpha value is -3.67. The Morgan fingerprint density at radius 3 is 2.67 bits per heavy atom. The second-order valence-electron chi connectivity index (χ2n) is 8.15. The monoisotopic (exact) mass is 522 g/mol. The van der Waals surface area contributed by atoms with Crippen molar-refractivity contribution in [2.75, 3.05) is 11.9 Å². The zero-order valence-electron chi connectivity index (χ0n) is 18.9. The molecular weight excluding hydrogens is 501 g/mol. The standard InChI is InChI=1S/C23H22ClF3N6O3/c24-18-13-15(8-9-16(18)17-5-1-2-7-20(17)36-23(25,26)27)29-22(35)19-6-3-4-11-33(19)21(34)10-12-32-14-28-30-31-32/h1-2,5,7-9,13-14,19H,3-4,6,10-12H2,(H,29,35). The molecule has 0 aliphatic carbocycles. The number of likely N-dealkylation sites (tertiary alicyclic amines) is 1. The van der Waals surface area contributed by atoms with Crippen molar-refractivity contribution in [3.63, 3.8) is 0 Å². The van der Waals surface area contributed by atoms with Crippen LogP contribution in [0.15, 0.2) is 48.8 Å². The van der Waals surface area contributed by atoms with Gasteiger partial charge in [-0.1, -0.05) is 35.9 Å². The Morgan fingerprint density at radius 2 is 1.94 bits per heavy atom. The highest BCUT2D eigenvalue weighted by atomic mass is 35.5. The predicted molar refractivity (Wildman–Crippen MR) is 124 cm³/mol. The van der Waals surface area contributed by atoms with Gasteiger partial charge in [0.15, 0.2) is 0 Å². The Labute approximate surface area is 209 Å². The summed E-state index contributed by atoms with van der Waals surface area (Å²) in [6.07, 6.45) is -1.20. The number of nitrogens with one attached hydrogen (secondary N) is 1. The molecule has 3 aromatic rings. The van der Waals surface area contributed by atoms with Gasteiger partial charge in [0.25, 0.3) is 0 Å². The number of halogens is 4. The highest BCUT2D eigenvalue weighted by molar-refractivity contribution is 6.33. The number of tetrazole rings is 1. The number of carbonyl (C=O) groups is 2. The molecule has 4 rings (SSSR count). The van der Waals surface area contributed by atoms with Gasteiger partial charge in [-0.15, -0.1) is 18.3 Å². The topological polar surface area (TPSA) is 102 Å². The Morgan fingerprint density at radius 1 is 1.14 bits per heavy atom. The molecule has 1 N–H and O–H groups in total. The summed E-state index contributed by atoms with van der Waals surface area (Å²) in [4.78, 5) is 27.4. The maximum absolute atomic E-state index is 13.1. The summed E-state index contributed by atoms with van der Waals surface area (Å²) in [5, 5.41) is 13.7.